The summed E-state index contributed by atoms with van der Waals surface area (Å²) in [5, 5.41) is 0.618. The molecule has 0 radical (unpaired) electrons. The van der Waals surface area contributed by atoms with E-state index in [1.165, 1.54) is 6.07 Å². The lowest BCUT2D eigenvalue weighted by Gasteiger charge is -2.28. The first-order chi connectivity index (χ1) is 14.4. The van der Waals surface area contributed by atoms with E-state index in [-0.39, 0.29) is 4.90 Å². The van der Waals surface area contributed by atoms with Gasteiger partial charge in [-0.3, -0.25) is 4.79 Å². The third-order valence-corrected chi connectivity index (χ3v) is 7.71. The van der Waals surface area contributed by atoms with E-state index in [0.717, 1.165) is 16.7 Å². The highest BCUT2D eigenvalue weighted by Gasteiger charge is 2.45. The van der Waals surface area contributed by atoms with Crippen LogP contribution in [0, 0.1) is 0 Å². The van der Waals surface area contributed by atoms with Gasteiger partial charge < -0.3 is 0 Å². The number of benzene rings is 3. The Morgan fingerprint density at radius 3 is 2.43 bits per heavy atom. The minimum Gasteiger partial charge on any atom is -0.273 e. The zero-order valence-corrected chi connectivity index (χ0v) is 18.1. The standard InChI is InChI=1S/C24H22ClNO3S/c1-2-24(16-15-19-20(24)12-8-13-21(19)25)23(27)26-30(28,29)22-14-7-6-11-18(22)17-9-4-3-5-10-17/h3-14H,2,15-16H2,1H3,(H,26,27). The van der Waals surface area contributed by atoms with Crippen LogP contribution in [0.3, 0.4) is 0 Å². The van der Waals surface area contributed by atoms with Crippen LogP contribution in [-0.2, 0) is 26.7 Å². The van der Waals surface area contributed by atoms with Crippen LogP contribution in [-0.4, -0.2) is 14.3 Å². The van der Waals surface area contributed by atoms with Gasteiger partial charge in [0.25, 0.3) is 10.0 Å². The Hall–Kier alpha value is -2.63. The lowest BCUT2D eigenvalue weighted by molar-refractivity contribution is -0.125. The smallest absolute Gasteiger partial charge is 0.264 e. The summed E-state index contributed by atoms with van der Waals surface area (Å²) in [6.07, 6.45) is 1.67. The molecule has 0 heterocycles. The van der Waals surface area contributed by atoms with Gasteiger partial charge in [0, 0.05) is 10.6 Å². The van der Waals surface area contributed by atoms with E-state index in [9.17, 15) is 13.2 Å². The van der Waals surface area contributed by atoms with Gasteiger partial charge in [-0.25, -0.2) is 13.1 Å². The van der Waals surface area contributed by atoms with Gasteiger partial charge in [-0.05, 0) is 48.1 Å². The van der Waals surface area contributed by atoms with Gasteiger partial charge in [-0.2, -0.15) is 0 Å². The summed E-state index contributed by atoms with van der Waals surface area (Å²) in [4.78, 5) is 13.5. The van der Waals surface area contributed by atoms with Crippen molar-refractivity contribution in [3.63, 3.8) is 0 Å². The highest BCUT2D eigenvalue weighted by atomic mass is 35.5. The topological polar surface area (TPSA) is 63.2 Å². The Labute approximate surface area is 182 Å². The summed E-state index contributed by atoms with van der Waals surface area (Å²) >= 11 is 6.33. The van der Waals surface area contributed by atoms with Gasteiger partial charge in [-0.1, -0.05) is 79.2 Å². The van der Waals surface area contributed by atoms with Crippen LogP contribution in [0.5, 0.6) is 0 Å². The molecule has 3 aromatic rings. The molecule has 0 saturated heterocycles. The molecule has 0 saturated carbocycles. The quantitative estimate of drug-likeness (QED) is 0.601. The third-order valence-electron chi connectivity index (χ3n) is 5.96. The molecular formula is C24H22ClNO3S. The third kappa shape index (κ3) is 3.42. The molecule has 1 aliphatic rings. The van der Waals surface area contributed by atoms with Crippen LogP contribution in [0.2, 0.25) is 5.02 Å². The van der Waals surface area contributed by atoms with Crippen LogP contribution < -0.4 is 4.72 Å². The van der Waals surface area contributed by atoms with Crippen molar-refractivity contribution in [1.82, 2.24) is 4.72 Å². The van der Waals surface area contributed by atoms with Crippen molar-refractivity contribution >= 4 is 27.5 Å². The summed E-state index contributed by atoms with van der Waals surface area (Å²) in [5.74, 6) is -0.506. The minimum atomic E-state index is -4.07. The number of sulfonamides is 1. The molecule has 0 fully saturated rings. The maximum atomic E-state index is 13.4. The zero-order chi connectivity index (χ0) is 21.4. The van der Waals surface area contributed by atoms with Gasteiger partial charge >= 0.3 is 0 Å². The number of halogens is 1. The Kier molecular flexibility index (Phi) is 5.43. The number of hydrogen-bond donors (Lipinski definition) is 1. The fraction of sp³-hybridized carbons (Fsp3) is 0.208. The number of carbonyl (C=O) groups is 1. The van der Waals surface area contributed by atoms with Gasteiger partial charge in [0.2, 0.25) is 5.91 Å². The van der Waals surface area contributed by atoms with Gasteiger partial charge in [0.15, 0.2) is 0 Å². The van der Waals surface area contributed by atoms with E-state index < -0.39 is 21.3 Å². The van der Waals surface area contributed by atoms with E-state index in [1.807, 2.05) is 49.4 Å². The predicted molar refractivity (Wildman–Crippen MR) is 119 cm³/mol. The van der Waals surface area contributed by atoms with E-state index in [2.05, 4.69) is 4.72 Å². The summed E-state index contributed by atoms with van der Waals surface area (Å²) in [6.45, 7) is 1.90. The van der Waals surface area contributed by atoms with Crippen molar-refractivity contribution in [2.75, 3.05) is 0 Å². The molecular weight excluding hydrogens is 418 g/mol. The molecule has 1 unspecified atom stereocenters. The van der Waals surface area contributed by atoms with Crippen LogP contribution >= 0.6 is 11.6 Å². The average Bonchev–Trinajstić information content (AvgIpc) is 3.15. The fourth-order valence-corrected chi connectivity index (χ4v) is 5.88. The Bertz CT molecular complexity index is 1210. The van der Waals surface area contributed by atoms with E-state index in [4.69, 9.17) is 11.6 Å². The number of hydrogen-bond acceptors (Lipinski definition) is 3. The van der Waals surface area contributed by atoms with E-state index in [1.54, 1.807) is 24.3 Å². The Morgan fingerprint density at radius 1 is 1.00 bits per heavy atom. The molecule has 1 aliphatic carbocycles. The maximum Gasteiger partial charge on any atom is 0.264 e. The van der Waals surface area contributed by atoms with Crippen molar-refractivity contribution < 1.29 is 13.2 Å². The van der Waals surface area contributed by atoms with E-state index in [0.29, 0.717) is 29.8 Å². The van der Waals surface area contributed by atoms with Gasteiger partial charge in [0.05, 0.1) is 10.3 Å². The fourth-order valence-electron chi connectivity index (χ4n) is 4.33. The molecule has 3 aromatic carbocycles. The molecule has 4 nitrogen and oxygen atoms in total. The minimum absolute atomic E-state index is 0.0834. The van der Waals surface area contributed by atoms with Crippen molar-refractivity contribution in [1.29, 1.82) is 0 Å². The van der Waals surface area contributed by atoms with Gasteiger partial charge in [0.1, 0.15) is 0 Å². The summed E-state index contributed by atoms with van der Waals surface area (Å²) < 4.78 is 28.9. The Balaban J connectivity index is 1.72. The first-order valence-electron chi connectivity index (χ1n) is 9.88. The summed E-state index contributed by atoms with van der Waals surface area (Å²) in [5.41, 5.74) is 2.17. The highest BCUT2D eigenvalue weighted by Crippen LogP contribution is 2.44. The van der Waals surface area contributed by atoms with Crippen molar-refractivity contribution in [3.8, 4) is 11.1 Å². The molecule has 1 N–H and O–H groups in total. The molecule has 4 rings (SSSR count). The Morgan fingerprint density at radius 2 is 1.70 bits per heavy atom. The number of fused-ring (bicyclic) bond motifs is 1. The molecule has 0 aromatic heterocycles. The number of rotatable bonds is 5. The number of nitrogens with one attached hydrogen (secondary N) is 1. The normalized spacial score (nSPS) is 18.1. The molecule has 1 atom stereocenters. The molecule has 0 bridgehead atoms. The van der Waals surface area contributed by atoms with Crippen LogP contribution in [0.4, 0.5) is 0 Å². The number of carbonyl (C=O) groups excluding carboxylic acids is 1. The van der Waals surface area contributed by atoms with Crippen LogP contribution in [0.25, 0.3) is 11.1 Å². The van der Waals surface area contributed by atoms with Crippen LogP contribution in [0.1, 0.15) is 30.9 Å². The summed E-state index contributed by atoms with van der Waals surface area (Å²) in [6, 6.07) is 21.5. The second kappa shape index (κ2) is 7.89. The van der Waals surface area contributed by atoms with Crippen molar-refractivity contribution in [2.24, 2.45) is 0 Å². The monoisotopic (exact) mass is 439 g/mol. The molecule has 154 valence electrons. The van der Waals surface area contributed by atoms with Crippen molar-refractivity contribution in [3.05, 3.63) is 88.9 Å². The van der Waals surface area contributed by atoms with Crippen molar-refractivity contribution in [2.45, 2.75) is 36.5 Å². The molecule has 1 amide bonds. The zero-order valence-electron chi connectivity index (χ0n) is 16.6. The highest BCUT2D eigenvalue weighted by molar-refractivity contribution is 7.90. The lowest BCUT2D eigenvalue weighted by atomic mass is 9.79. The first kappa shape index (κ1) is 20.6. The lowest BCUT2D eigenvalue weighted by Crippen LogP contribution is -2.45. The average molecular weight is 440 g/mol. The van der Waals surface area contributed by atoms with Gasteiger partial charge in [-0.15, -0.1) is 0 Å². The molecule has 30 heavy (non-hydrogen) atoms. The van der Waals surface area contributed by atoms with Crippen LogP contribution in [0.15, 0.2) is 77.7 Å². The second-order valence-corrected chi connectivity index (χ2v) is 9.56. The molecule has 0 spiro atoms. The van der Waals surface area contributed by atoms with E-state index >= 15 is 0 Å². The maximum absolute atomic E-state index is 13.4. The number of amides is 1. The molecule has 0 aliphatic heterocycles. The molecule has 6 heteroatoms. The summed E-state index contributed by atoms with van der Waals surface area (Å²) in [7, 11) is -4.07. The predicted octanol–water partition coefficient (Wildman–Crippen LogP) is 5.11. The second-order valence-electron chi connectivity index (χ2n) is 7.50. The first-order valence-corrected chi connectivity index (χ1v) is 11.7. The largest absolute Gasteiger partial charge is 0.273 e. The SMILES string of the molecule is CCC1(C(=O)NS(=O)(=O)c2ccccc2-c2ccccc2)CCc2c(Cl)cccc21.